The van der Waals surface area contributed by atoms with Crippen molar-refractivity contribution in [2.24, 2.45) is 5.92 Å². The standard InChI is InChI=1S/C15H24N4O3/c1-9(2)14-11(5-4-6-22-14)19-13-7-12(16-8-17-13)18-10(3)15(20)21/h7-11,14H,4-6H2,1-3H3,(H,20,21)(H2,16,17,18,19)/t10-,11?,14?/m0/s1. The van der Waals surface area contributed by atoms with Gasteiger partial charge in [0, 0.05) is 12.7 Å². The molecule has 0 aliphatic carbocycles. The molecule has 3 atom stereocenters. The maximum absolute atomic E-state index is 10.9. The predicted molar refractivity (Wildman–Crippen MR) is 84.0 cm³/mol. The van der Waals surface area contributed by atoms with Crippen LogP contribution in [0.15, 0.2) is 12.4 Å². The highest BCUT2D eigenvalue weighted by Gasteiger charge is 2.28. The summed E-state index contributed by atoms with van der Waals surface area (Å²) in [5.41, 5.74) is 0. The van der Waals surface area contributed by atoms with E-state index in [1.807, 2.05) is 0 Å². The molecule has 122 valence electrons. The van der Waals surface area contributed by atoms with Gasteiger partial charge in [-0.25, -0.2) is 9.97 Å². The van der Waals surface area contributed by atoms with E-state index >= 15 is 0 Å². The van der Waals surface area contributed by atoms with E-state index in [0.29, 0.717) is 17.6 Å². The zero-order valence-electron chi connectivity index (χ0n) is 13.2. The molecule has 1 aromatic heterocycles. The van der Waals surface area contributed by atoms with Gasteiger partial charge in [-0.05, 0) is 25.7 Å². The number of nitrogens with one attached hydrogen (secondary N) is 2. The number of hydrogen-bond acceptors (Lipinski definition) is 6. The number of carbonyl (C=O) groups is 1. The average molecular weight is 308 g/mol. The summed E-state index contributed by atoms with van der Waals surface area (Å²) in [7, 11) is 0. The van der Waals surface area contributed by atoms with Crippen LogP contribution >= 0.6 is 0 Å². The van der Waals surface area contributed by atoms with E-state index in [1.165, 1.54) is 6.33 Å². The highest BCUT2D eigenvalue weighted by atomic mass is 16.5. The van der Waals surface area contributed by atoms with Gasteiger partial charge in [0.2, 0.25) is 0 Å². The first kappa shape index (κ1) is 16.5. The molecular weight excluding hydrogens is 284 g/mol. The summed E-state index contributed by atoms with van der Waals surface area (Å²) in [6.45, 7) is 6.66. The molecule has 0 aromatic carbocycles. The fourth-order valence-corrected chi connectivity index (χ4v) is 2.60. The number of rotatable bonds is 6. The van der Waals surface area contributed by atoms with Crippen LogP contribution in [0.4, 0.5) is 11.6 Å². The lowest BCUT2D eigenvalue weighted by Gasteiger charge is -2.35. The predicted octanol–water partition coefficient (Wildman–Crippen LogP) is 1.98. The third-order valence-electron chi connectivity index (χ3n) is 3.76. The Morgan fingerprint density at radius 3 is 2.77 bits per heavy atom. The molecule has 1 aliphatic rings. The van der Waals surface area contributed by atoms with Crippen LogP contribution in [-0.2, 0) is 9.53 Å². The maximum Gasteiger partial charge on any atom is 0.325 e. The van der Waals surface area contributed by atoms with Crippen molar-refractivity contribution in [3.63, 3.8) is 0 Å². The molecule has 2 unspecified atom stereocenters. The van der Waals surface area contributed by atoms with Gasteiger partial charge in [0.05, 0.1) is 12.1 Å². The first-order valence-corrected chi connectivity index (χ1v) is 7.67. The minimum atomic E-state index is -0.923. The Balaban J connectivity index is 2.04. The number of anilines is 2. The van der Waals surface area contributed by atoms with E-state index in [4.69, 9.17) is 9.84 Å². The summed E-state index contributed by atoms with van der Waals surface area (Å²) in [6.07, 6.45) is 3.62. The summed E-state index contributed by atoms with van der Waals surface area (Å²) in [6, 6.07) is 1.23. The van der Waals surface area contributed by atoms with Gasteiger partial charge in [-0.2, -0.15) is 0 Å². The number of ether oxygens (including phenoxy) is 1. The zero-order chi connectivity index (χ0) is 16.1. The van der Waals surface area contributed by atoms with Crippen molar-refractivity contribution < 1.29 is 14.6 Å². The van der Waals surface area contributed by atoms with Gasteiger partial charge in [-0.15, -0.1) is 0 Å². The number of aliphatic carboxylic acids is 1. The fourth-order valence-electron chi connectivity index (χ4n) is 2.60. The lowest BCUT2D eigenvalue weighted by atomic mass is 9.94. The first-order valence-electron chi connectivity index (χ1n) is 7.67. The highest BCUT2D eigenvalue weighted by Crippen LogP contribution is 2.23. The molecule has 0 amide bonds. The number of nitrogens with zero attached hydrogens (tertiary/aromatic N) is 2. The van der Waals surface area contributed by atoms with Gasteiger partial charge in [-0.1, -0.05) is 13.8 Å². The molecule has 2 rings (SSSR count). The Morgan fingerprint density at radius 2 is 2.09 bits per heavy atom. The number of hydrogen-bond donors (Lipinski definition) is 3. The largest absolute Gasteiger partial charge is 0.480 e. The van der Waals surface area contributed by atoms with Crippen LogP contribution in [0.3, 0.4) is 0 Å². The van der Waals surface area contributed by atoms with Crippen LogP contribution in [0.1, 0.15) is 33.6 Å². The molecule has 0 saturated carbocycles. The van der Waals surface area contributed by atoms with Gasteiger partial charge < -0.3 is 20.5 Å². The van der Waals surface area contributed by atoms with Crippen LogP contribution in [0.2, 0.25) is 0 Å². The van der Waals surface area contributed by atoms with Crippen molar-refractivity contribution >= 4 is 17.6 Å². The summed E-state index contributed by atoms with van der Waals surface area (Å²) in [5.74, 6) is 0.666. The molecule has 1 aromatic rings. The van der Waals surface area contributed by atoms with Gasteiger partial charge in [0.15, 0.2) is 0 Å². The van der Waals surface area contributed by atoms with Gasteiger partial charge in [0.25, 0.3) is 0 Å². The Bertz CT molecular complexity index is 509. The average Bonchev–Trinajstić information content (AvgIpc) is 2.47. The smallest absolute Gasteiger partial charge is 0.325 e. The monoisotopic (exact) mass is 308 g/mol. The topological polar surface area (TPSA) is 96.4 Å². The molecule has 2 heterocycles. The lowest BCUT2D eigenvalue weighted by molar-refractivity contribution is -0.137. The molecule has 0 bridgehead atoms. The van der Waals surface area contributed by atoms with Crippen molar-refractivity contribution in [3.8, 4) is 0 Å². The summed E-state index contributed by atoms with van der Waals surface area (Å²) in [4.78, 5) is 19.2. The quantitative estimate of drug-likeness (QED) is 0.739. The third kappa shape index (κ3) is 4.30. The van der Waals surface area contributed by atoms with Crippen molar-refractivity contribution in [3.05, 3.63) is 12.4 Å². The molecule has 0 radical (unpaired) electrons. The van der Waals surface area contributed by atoms with Crippen LogP contribution in [0.5, 0.6) is 0 Å². The van der Waals surface area contributed by atoms with Gasteiger partial charge in [0.1, 0.15) is 24.0 Å². The number of carboxylic acids is 1. The molecule has 1 fully saturated rings. The normalized spacial score (nSPS) is 23.1. The summed E-state index contributed by atoms with van der Waals surface area (Å²) >= 11 is 0. The molecule has 1 aliphatic heterocycles. The molecule has 3 N–H and O–H groups in total. The lowest BCUT2D eigenvalue weighted by Crippen LogP contribution is -2.43. The summed E-state index contributed by atoms with van der Waals surface area (Å²) in [5, 5.41) is 15.2. The molecular formula is C15H24N4O3. The second-order valence-corrected chi connectivity index (χ2v) is 5.97. The molecule has 7 heteroatoms. The van der Waals surface area contributed by atoms with Crippen LogP contribution < -0.4 is 10.6 Å². The Labute approximate surface area is 130 Å². The Hall–Kier alpha value is -1.89. The number of aromatic nitrogens is 2. The van der Waals surface area contributed by atoms with E-state index in [1.54, 1.807) is 13.0 Å². The molecule has 0 spiro atoms. The fraction of sp³-hybridized carbons (Fsp3) is 0.667. The van der Waals surface area contributed by atoms with Gasteiger partial charge >= 0.3 is 5.97 Å². The summed E-state index contributed by atoms with van der Waals surface area (Å²) < 4.78 is 5.85. The van der Waals surface area contributed by atoms with E-state index < -0.39 is 12.0 Å². The molecule has 7 nitrogen and oxygen atoms in total. The Kier molecular flexibility index (Phi) is 5.54. The van der Waals surface area contributed by atoms with Crippen molar-refractivity contribution in [1.82, 2.24) is 9.97 Å². The van der Waals surface area contributed by atoms with Crippen LogP contribution in [0, 0.1) is 5.92 Å². The van der Waals surface area contributed by atoms with E-state index in [9.17, 15) is 4.79 Å². The van der Waals surface area contributed by atoms with Crippen molar-refractivity contribution in [1.29, 1.82) is 0 Å². The van der Waals surface area contributed by atoms with Crippen molar-refractivity contribution in [2.45, 2.75) is 51.8 Å². The zero-order valence-corrected chi connectivity index (χ0v) is 13.2. The number of carboxylic acid groups (broad SMARTS) is 1. The van der Waals surface area contributed by atoms with Crippen LogP contribution in [-0.4, -0.2) is 45.8 Å². The minimum absolute atomic E-state index is 0.151. The SMILES string of the molecule is CC(C)C1OCCCC1Nc1cc(N[C@@H](C)C(=O)O)ncn1. The molecule has 22 heavy (non-hydrogen) atoms. The van der Waals surface area contributed by atoms with Gasteiger partial charge in [-0.3, -0.25) is 4.79 Å². The van der Waals surface area contributed by atoms with E-state index in [-0.39, 0.29) is 12.1 Å². The van der Waals surface area contributed by atoms with Crippen LogP contribution in [0.25, 0.3) is 0 Å². The second-order valence-electron chi connectivity index (χ2n) is 5.97. The van der Waals surface area contributed by atoms with Crippen molar-refractivity contribution in [2.75, 3.05) is 17.2 Å². The highest BCUT2D eigenvalue weighted by molar-refractivity contribution is 5.76. The molecule has 1 saturated heterocycles. The first-order chi connectivity index (χ1) is 10.5. The minimum Gasteiger partial charge on any atom is -0.480 e. The maximum atomic E-state index is 10.9. The third-order valence-corrected chi connectivity index (χ3v) is 3.76. The Morgan fingerprint density at radius 1 is 1.36 bits per heavy atom. The van der Waals surface area contributed by atoms with E-state index in [2.05, 4.69) is 34.4 Å². The second kappa shape index (κ2) is 7.40. The van der Waals surface area contributed by atoms with E-state index in [0.717, 1.165) is 19.4 Å².